The van der Waals surface area contributed by atoms with Gasteiger partial charge in [0.1, 0.15) is 0 Å². The Hall–Kier alpha value is -0.650. The number of carbonyl (C=O) groups is 1. The number of methoxy groups -OCH3 is 1. The van der Waals surface area contributed by atoms with Crippen LogP contribution < -0.4 is 10.8 Å². The Bertz CT molecular complexity index is 187. The summed E-state index contributed by atoms with van der Waals surface area (Å²) in [6, 6.07) is 0. The second kappa shape index (κ2) is 5.95. The molecule has 0 aromatic rings. The van der Waals surface area contributed by atoms with Gasteiger partial charge in [0.2, 0.25) is 5.91 Å². The van der Waals surface area contributed by atoms with Crippen LogP contribution in [0.15, 0.2) is 0 Å². The molecule has 1 amide bonds. The van der Waals surface area contributed by atoms with E-state index in [0.717, 1.165) is 13.1 Å². The molecule has 1 aliphatic heterocycles. The number of rotatable bonds is 5. The zero-order valence-corrected chi connectivity index (χ0v) is 8.71. The van der Waals surface area contributed by atoms with Gasteiger partial charge in [-0.1, -0.05) is 6.92 Å². The summed E-state index contributed by atoms with van der Waals surface area (Å²) in [4.78, 5) is 16.4. The third kappa shape index (κ3) is 3.25. The molecular weight excluding hydrogens is 184 g/mol. The van der Waals surface area contributed by atoms with Crippen molar-refractivity contribution in [3.05, 3.63) is 0 Å². The van der Waals surface area contributed by atoms with E-state index in [0.29, 0.717) is 19.1 Å². The second-order valence-corrected chi connectivity index (χ2v) is 3.55. The van der Waals surface area contributed by atoms with E-state index in [-0.39, 0.29) is 11.8 Å². The highest BCUT2D eigenvalue weighted by molar-refractivity contribution is 5.78. The standard InChI is InChI=1S/C9H18N2O3/c1-7-5-10-6-8(7)9(12)11-14-4-3-13-2/h7-8,10H,3-6H2,1-2H3,(H,11,12). The average Bonchev–Trinajstić information content (AvgIpc) is 2.59. The third-order valence-corrected chi connectivity index (χ3v) is 2.42. The molecule has 5 heteroatoms. The van der Waals surface area contributed by atoms with Crippen LogP contribution in [0.2, 0.25) is 0 Å². The monoisotopic (exact) mass is 202 g/mol. The molecule has 0 bridgehead atoms. The predicted molar refractivity (Wildman–Crippen MR) is 51.5 cm³/mol. The smallest absolute Gasteiger partial charge is 0.248 e. The molecule has 0 saturated carbocycles. The van der Waals surface area contributed by atoms with Gasteiger partial charge in [0.05, 0.1) is 19.1 Å². The molecule has 0 spiro atoms. The number of hydrogen-bond donors (Lipinski definition) is 2. The lowest BCUT2D eigenvalue weighted by atomic mass is 9.98. The second-order valence-electron chi connectivity index (χ2n) is 3.55. The van der Waals surface area contributed by atoms with Crippen LogP contribution >= 0.6 is 0 Å². The predicted octanol–water partition coefficient (Wildman–Crippen LogP) is -0.464. The normalized spacial score (nSPS) is 26.4. The van der Waals surface area contributed by atoms with Gasteiger partial charge in [-0.15, -0.1) is 0 Å². The van der Waals surface area contributed by atoms with Crippen molar-refractivity contribution in [3.63, 3.8) is 0 Å². The highest BCUT2D eigenvalue weighted by Crippen LogP contribution is 2.15. The molecule has 1 fully saturated rings. The number of carbonyl (C=O) groups excluding carboxylic acids is 1. The summed E-state index contributed by atoms with van der Waals surface area (Å²) < 4.78 is 4.78. The molecule has 0 aromatic carbocycles. The molecule has 2 atom stereocenters. The van der Waals surface area contributed by atoms with E-state index in [1.165, 1.54) is 0 Å². The summed E-state index contributed by atoms with van der Waals surface area (Å²) in [5.41, 5.74) is 2.43. The van der Waals surface area contributed by atoms with Crippen molar-refractivity contribution in [2.24, 2.45) is 11.8 Å². The number of amides is 1. The molecular formula is C9H18N2O3. The van der Waals surface area contributed by atoms with Crippen molar-refractivity contribution in [3.8, 4) is 0 Å². The molecule has 1 heterocycles. The fourth-order valence-electron chi connectivity index (χ4n) is 1.48. The maximum Gasteiger partial charge on any atom is 0.248 e. The van der Waals surface area contributed by atoms with E-state index in [1.54, 1.807) is 7.11 Å². The Morgan fingerprint density at radius 2 is 2.29 bits per heavy atom. The first-order chi connectivity index (χ1) is 6.75. The van der Waals surface area contributed by atoms with Gasteiger partial charge in [-0.25, -0.2) is 5.48 Å². The minimum atomic E-state index is -0.0430. The summed E-state index contributed by atoms with van der Waals surface area (Å²) in [6.45, 7) is 4.56. The molecule has 0 aromatic heterocycles. The van der Waals surface area contributed by atoms with E-state index in [1.807, 2.05) is 0 Å². The summed E-state index contributed by atoms with van der Waals surface area (Å²) in [5, 5.41) is 3.16. The van der Waals surface area contributed by atoms with Crippen molar-refractivity contribution in [1.82, 2.24) is 10.8 Å². The van der Waals surface area contributed by atoms with Crippen LogP contribution in [0.3, 0.4) is 0 Å². The van der Waals surface area contributed by atoms with Crippen LogP contribution in [-0.2, 0) is 14.4 Å². The lowest BCUT2D eigenvalue weighted by Crippen LogP contribution is -2.35. The fraction of sp³-hybridized carbons (Fsp3) is 0.889. The lowest BCUT2D eigenvalue weighted by molar-refractivity contribution is -0.139. The van der Waals surface area contributed by atoms with Gasteiger partial charge in [0.15, 0.2) is 0 Å². The van der Waals surface area contributed by atoms with Crippen LogP contribution in [0, 0.1) is 11.8 Å². The van der Waals surface area contributed by atoms with E-state index in [2.05, 4.69) is 17.7 Å². The van der Waals surface area contributed by atoms with E-state index < -0.39 is 0 Å². The lowest BCUT2D eigenvalue weighted by Gasteiger charge is -2.13. The average molecular weight is 202 g/mol. The molecule has 14 heavy (non-hydrogen) atoms. The number of hydroxylamine groups is 1. The van der Waals surface area contributed by atoms with Gasteiger partial charge in [-0.2, -0.15) is 0 Å². The molecule has 0 radical (unpaired) electrons. The molecule has 1 rings (SSSR count). The van der Waals surface area contributed by atoms with Crippen molar-refractivity contribution in [2.75, 3.05) is 33.4 Å². The van der Waals surface area contributed by atoms with Gasteiger partial charge in [-0.05, 0) is 12.5 Å². The molecule has 5 nitrogen and oxygen atoms in total. The Labute approximate surface area is 84.1 Å². The first-order valence-electron chi connectivity index (χ1n) is 4.87. The van der Waals surface area contributed by atoms with Gasteiger partial charge in [0, 0.05) is 13.7 Å². The summed E-state index contributed by atoms with van der Waals surface area (Å²) in [6.07, 6.45) is 0. The zero-order chi connectivity index (χ0) is 10.4. The molecule has 82 valence electrons. The van der Waals surface area contributed by atoms with Crippen LogP contribution in [0.1, 0.15) is 6.92 Å². The molecule has 2 unspecified atom stereocenters. The van der Waals surface area contributed by atoms with Crippen LogP contribution in [0.4, 0.5) is 0 Å². The van der Waals surface area contributed by atoms with Crippen LogP contribution in [-0.4, -0.2) is 39.3 Å². The largest absolute Gasteiger partial charge is 0.382 e. The van der Waals surface area contributed by atoms with Crippen molar-refractivity contribution >= 4 is 5.91 Å². The molecule has 1 aliphatic rings. The van der Waals surface area contributed by atoms with Crippen molar-refractivity contribution in [2.45, 2.75) is 6.92 Å². The number of nitrogens with one attached hydrogen (secondary N) is 2. The highest BCUT2D eigenvalue weighted by atomic mass is 16.7. The van der Waals surface area contributed by atoms with Crippen molar-refractivity contribution < 1.29 is 14.4 Å². The molecule has 2 N–H and O–H groups in total. The summed E-state index contributed by atoms with van der Waals surface area (Å²) in [5.74, 6) is 0.358. The third-order valence-electron chi connectivity index (χ3n) is 2.42. The topological polar surface area (TPSA) is 59.6 Å². The van der Waals surface area contributed by atoms with Crippen LogP contribution in [0.5, 0.6) is 0 Å². The first-order valence-corrected chi connectivity index (χ1v) is 4.87. The number of ether oxygens (including phenoxy) is 1. The van der Waals surface area contributed by atoms with Crippen LogP contribution in [0.25, 0.3) is 0 Å². The number of hydrogen-bond acceptors (Lipinski definition) is 4. The van der Waals surface area contributed by atoms with Crippen molar-refractivity contribution in [1.29, 1.82) is 0 Å². The maximum absolute atomic E-state index is 11.5. The molecule has 0 aliphatic carbocycles. The minimum absolute atomic E-state index is 0.0255. The highest BCUT2D eigenvalue weighted by Gasteiger charge is 2.29. The van der Waals surface area contributed by atoms with Gasteiger partial charge in [-0.3, -0.25) is 9.63 Å². The minimum Gasteiger partial charge on any atom is -0.382 e. The van der Waals surface area contributed by atoms with Gasteiger partial charge < -0.3 is 10.1 Å². The summed E-state index contributed by atoms with van der Waals surface area (Å²) in [7, 11) is 1.59. The zero-order valence-electron chi connectivity index (χ0n) is 8.71. The van der Waals surface area contributed by atoms with Gasteiger partial charge >= 0.3 is 0 Å². The van der Waals surface area contributed by atoms with E-state index >= 15 is 0 Å². The van der Waals surface area contributed by atoms with E-state index in [9.17, 15) is 4.79 Å². The molecule has 1 saturated heterocycles. The Morgan fingerprint density at radius 1 is 1.50 bits per heavy atom. The Kier molecular flexibility index (Phi) is 4.86. The first kappa shape index (κ1) is 11.4. The maximum atomic E-state index is 11.5. The fourth-order valence-corrected chi connectivity index (χ4v) is 1.48. The SMILES string of the molecule is COCCONC(=O)C1CNCC1C. The quantitative estimate of drug-likeness (QED) is 0.467. The van der Waals surface area contributed by atoms with Gasteiger partial charge in [0.25, 0.3) is 0 Å². The Balaban J connectivity index is 2.14. The Morgan fingerprint density at radius 3 is 2.86 bits per heavy atom. The van der Waals surface area contributed by atoms with E-state index in [4.69, 9.17) is 9.57 Å². The summed E-state index contributed by atoms with van der Waals surface area (Å²) >= 11 is 0.